The van der Waals surface area contributed by atoms with E-state index in [1.807, 2.05) is 6.07 Å². The normalized spacial score (nSPS) is 13.7. The molecule has 0 N–H and O–H groups in total. The number of aromatic nitrogens is 3. The van der Waals surface area contributed by atoms with Crippen LogP contribution in [-0.4, -0.2) is 66.7 Å². The van der Waals surface area contributed by atoms with Gasteiger partial charge in [-0.2, -0.15) is 5.10 Å². The molecule has 11 nitrogen and oxygen atoms in total. The highest BCUT2D eigenvalue weighted by Gasteiger charge is 2.32. The molecule has 0 amide bonds. The molecule has 0 atom stereocenters. The summed E-state index contributed by atoms with van der Waals surface area (Å²) >= 11 is 0. The molecule has 0 saturated carbocycles. The summed E-state index contributed by atoms with van der Waals surface area (Å²) in [6.45, 7) is 1.89. The van der Waals surface area contributed by atoms with Gasteiger partial charge in [0.15, 0.2) is 11.3 Å². The van der Waals surface area contributed by atoms with E-state index in [0.717, 1.165) is 5.56 Å². The first-order valence-electron chi connectivity index (χ1n) is 10.4. The van der Waals surface area contributed by atoms with Crippen LogP contribution in [0.2, 0.25) is 0 Å². The third-order valence-electron chi connectivity index (χ3n) is 5.13. The van der Waals surface area contributed by atoms with Crippen LogP contribution in [0.4, 0.5) is 5.69 Å². The summed E-state index contributed by atoms with van der Waals surface area (Å²) < 4.78 is 21.8. The van der Waals surface area contributed by atoms with Crippen molar-refractivity contribution in [3.63, 3.8) is 0 Å². The number of rotatable bonds is 6. The van der Waals surface area contributed by atoms with Gasteiger partial charge in [0, 0.05) is 23.5 Å². The van der Waals surface area contributed by atoms with E-state index in [2.05, 4.69) is 10.1 Å². The van der Waals surface area contributed by atoms with Crippen LogP contribution in [0.15, 0.2) is 53.9 Å². The fourth-order valence-corrected chi connectivity index (χ4v) is 3.60. The lowest BCUT2D eigenvalue weighted by Crippen LogP contribution is -2.38. The van der Waals surface area contributed by atoms with Crippen molar-refractivity contribution in [1.29, 1.82) is 0 Å². The molecule has 1 aliphatic rings. The summed E-state index contributed by atoms with van der Waals surface area (Å²) in [5, 5.41) is 4.35. The van der Waals surface area contributed by atoms with Gasteiger partial charge in [0.05, 0.1) is 38.7 Å². The highest BCUT2D eigenvalue weighted by atomic mass is 16.5. The van der Waals surface area contributed by atoms with Gasteiger partial charge >= 0.3 is 17.9 Å². The lowest BCUT2D eigenvalue weighted by Gasteiger charge is -2.31. The summed E-state index contributed by atoms with van der Waals surface area (Å²) in [6.07, 6.45) is 1.60. The van der Waals surface area contributed by atoms with Crippen molar-refractivity contribution >= 4 is 29.2 Å². The van der Waals surface area contributed by atoms with Crippen molar-refractivity contribution in [2.24, 2.45) is 0 Å². The first-order chi connectivity index (χ1) is 16.5. The number of benzene rings is 1. The van der Waals surface area contributed by atoms with E-state index in [4.69, 9.17) is 18.9 Å². The molecule has 0 unspecified atom stereocenters. The summed E-state index contributed by atoms with van der Waals surface area (Å²) in [4.78, 5) is 42.8. The van der Waals surface area contributed by atoms with Gasteiger partial charge in [-0.25, -0.2) is 23.9 Å². The Labute approximate surface area is 194 Å². The van der Waals surface area contributed by atoms with Gasteiger partial charge in [-0.3, -0.25) is 0 Å². The average Bonchev–Trinajstić information content (AvgIpc) is 3.32. The van der Waals surface area contributed by atoms with Gasteiger partial charge in [0.25, 0.3) is 0 Å². The van der Waals surface area contributed by atoms with Crippen LogP contribution in [0.5, 0.6) is 0 Å². The smallest absolute Gasteiger partial charge is 0.358 e. The fourth-order valence-electron chi connectivity index (χ4n) is 3.60. The maximum Gasteiger partial charge on any atom is 0.358 e. The fraction of sp³-hybridized carbons (Fsp3) is 0.261. The van der Waals surface area contributed by atoms with Crippen LogP contribution in [0.25, 0.3) is 16.9 Å². The lowest BCUT2D eigenvalue weighted by molar-refractivity contribution is -0.140. The molecule has 3 heterocycles. The standard InChI is InChI=1S/C23H22N4O7/c1-4-34-22(29)17-11-19-24-9-8-18(27(19)25-17)14-6-5-7-15(10-14)26-13-33-12-16(21(28)31-2)20(26)23(30)32-3/h5-11H,4,12-13H2,1-3H3. The summed E-state index contributed by atoms with van der Waals surface area (Å²) in [5.74, 6) is -1.91. The number of carbonyl (C=O) groups is 3. The minimum Gasteiger partial charge on any atom is -0.466 e. The minimum absolute atomic E-state index is 0.0227. The molecule has 11 heteroatoms. The molecule has 176 valence electrons. The van der Waals surface area contributed by atoms with E-state index in [1.54, 1.807) is 43.5 Å². The number of hydrogen-bond donors (Lipinski definition) is 0. The Kier molecular flexibility index (Phi) is 6.55. The number of ether oxygens (including phenoxy) is 4. The Morgan fingerprint density at radius 2 is 1.85 bits per heavy atom. The molecule has 0 bridgehead atoms. The van der Waals surface area contributed by atoms with E-state index < -0.39 is 17.9 Å². The predicted molar refractivity (Wildman–Crippen MR) is 119 cm³/mol. The monoisotopic (exact) mass is 466 g/mol. The Morgan fingerprint density at radius 1 is 1.06 bits per heavy atom. The number of carbonyl (C=O) groups excluding carboxylic acids is 3. The van der Waals surface area contributed by atoms with Gasteiger partial charge < -0.3 is 23.8 Å². The zero-order chi connectivity index (χ0) is 24.2. The lowest BCUT2D eigenvalue weighted by atomic mass is 10.1. The Morgan fingerprint density at radius 3 is 2.59 bits per heavy atom. The van der Waals surface area contributed by atoms with Gasteiger partial charge in [-0.15, -0.1) is 0 Å². The van der Waals surface area contributed by atoms with Crippen molar-refractivity contribution in [2.45, 2.75) is 6.92 Å². The first-order valence-corrected chi connectivity index (χ1v) is 10.4. The third kappa shape index (κ3) is 4.20. The molecule has 0 spiro atoms. The minimum atomic E-state index is -0.688. The Bertz CT molecular complexity index is 1300. The molecule has 0 fully saturated rings. The number of nitrogens with zero attached hydrogens (tertiary/aromatic N) is 4. The van der Waals surface area contributed by atoms with E-state index in [-0.39, 0.29) is 36.9 Å². The van der Waals surface area contributed by atoms with Crippen molar-refractivity contribution in [3.8, 4) is 11.3 Å². The summed E-state index contributed by atoms with van der Waals surface area (Å²) in [6, 6.07) is 10.5. The summed E-state index contributed by atoms with van der Waals surface area (Å²) in [7, 11) is 2.47. The largest absolute Gasteiger partial charge is 0.466 e. The SMILES string of the molecule is CCOC(=O)c1cc2nccc(-c3cccc(N4COCC(C(=O)OC)=C4C(=O)OC)c3)n2n1. The maximum absolute atomic E-state index is 12.6. The van der Waals surface area contributed by atoms with Crippen molar-refractivity contribution in [1.82, 2.24) is 14.6 Å². The van der Waals surface area contributed by atoms with Crippen LogP contribution in [0.3, 0.4) is 0 Å². The average molecular weight is 466 g/mol. The quantitative estimate of drug-likeness (QED) is 0.394. The number of fused-ring (bicyclic) bond motifs is 1. The number of hydrogen-bond acceptors (Lipinski definition) is 10. The van der Waals surface area contributed by atoms with Crippen LogP contribution in [0, 0.1) is 0 Å². The second-order valence-corrected chi connectivity index (χ2v) is 7.12. The maximum atomic E-state index is 12.6. The summed E-state index contributed by atoms with van der Waals surface area (Å²) in [5.41, 5.74) is 2.65. The first kappa shape index (κ1) is 22.9. The Hall–Kier alpha value is -4.25. The van der Waals surface area contributed by atoms with Gasteiger partial charge in [-0.1, -0.05) is 12.1 Å². The van der Waals surface area contributed by atoms with Crippen LogP contribution >= 0.6 is 0 Å². The number of anilines is 1. The molecular weight excluding hydrogens is 444 g/mol. The molecule has 1 aromatic carbocycles. The predicted octanol–water partition coefficient (Wildman–Crippen LogP) is 1.97. The van der Waals surface area contributed by atoms with Crippen LogP contribution in [0.1, 0.15) is 17.4 Å². The van der Waals surface area contributed by atoms with Gasteiger partial charge in [0.2, 0.25) is 0 Å². The zero-order valence-electron chi connectivity index (χ0n) is 18.8. The molecule has 34 heavy (non-hydrogen) atoms. The van der Waals surface area contributed by atoms with E-state index in [1.165, 1.54) is 23.6 Å². The van der Waals surface area contributed by atoms with Gasteiger partial charge in [-0.05, 0) is 25.1 Å². The highest BCUT2D eigenvalue weighted by molar-refractivity contribution is 6.03. The molecule has 2 aromatic heterocycles. The van der Waals surface area contributed by atoms with Crippen molar-refractivity contribution < 1.29 is 33.3 Å². The Balaban J connectivity index is 1.79. The molecule has 4 rings (SSSR count). The molecule has 3 aromatic rings. The number of esters is 3. The van der Waals surface area contributed by atoms with Crippen LogP contribution in [-0.2, 0) is 28.5 Å². The van der Waals surface area contributed by atoms with E-state index in [0.29, 0.717) is 17.0 Å². The highest BCUT2D eigenvalue weighted by Crippen LogP contribution is 2.30. The van der Waals surface area contributed by atoms with E-state index in [9.17, 15) is 14.4 Å². The van der Waals surface area contributed by atoms with Crippen molar-refractivity contribution in [3.05, 3.63) is 59.6 Å². The van der Waals surface area contributed by atoms with Crippen molar-refractivity contribution in [2.75, 3.05) is 39.1 Å². The second-order valence-electron chi connectivity index (χ2n) is 7.12. The van der Waals surface area contributed by atoms with Gasteiger partial charge in [0.1, 0.15) is 12.4 Å². The zero-order valence-corrected chi connectivity index (χ0v) is 18.8. The molecular formula is C23H22N4O7. The van der Waals surface area contributed by atoms with E-state index >= 15 is 0 Å². The second kappa shape index (κ2) is 9.71. The topological polar surface area (TPSA) is 122 Å². The molecule has 1 aliphatic heterocycles. The van der Waals surface area contributed by atoms with Crippen LogP contribution < -0.4 is 4.90 Å². The molecule has 0 saturated heterocycles. The number of methoxy groups -OCH3 is 2. The molecule has 0 radical (unpaired) electrons. The molecule has 0 aliphatic carbocycles. The third-order valence-corrected chi connectivity index (χ3v) is 5.13.